The first-order valence-electron chi connectivity index (χ1n) is 13.1. The molecule has 0 spiro atoms. The van der Waals surface area contributed by atoms with Crippen LogP contribution in [0.4, 0.5) is 24.8 Å². The van der Waals surface area contributed by atoms with E-state index < -0.39 is 6.43 Å². The van der Waals surface area contributed by atoms with Crippen molar-refractivity contribution in [2.45, 2.75) is 45.7 Å². The number of allylic oxidation sites excluding steroid dienone is 1. The van der Waals surface area contributed by atoms with Crippen molar-refractivity contribution in [1.82, 2.24) is 9.55 Å². The van der Waals surface area contributed by atoms with E-state index in [-0.39, 0.29) is 18.4 Å². The largest absolute Gasteiger partial charge is 0.382 e. The summed E-state index contributed by atoms with van der Waals surface area (Å²) < 4.78 is 42.3. The standard InChI is InChI=1S/C31H32F3N5/c1-20(2)35-30(22-7-6-8-23(32)18-22)26-12-11-25(17-21(26)3)36-24-13-15-38(16-14-24)31-37-27-9-4-5-10-28(27)39(31)19-29(33)34/h4-12,17-18,24,29,36H,1,13-16,19H2,2-3H3. The summed E-state index contributed by atoms with van der Waals surface area (Å²) in [6.45, 7) is 8.82. The Balaban J connectivity index is 1.30. The second-order valence-electron chi connectivity index (χ2n) is 10.0. The fourth-order valence-electron chi connectivity index (χ4n) is 5.21. The number of alkyl halides is 2. The van der Waals surface area contributed by atoms with Crippen LogP contribution in [0.2, 0.25) is 0 Å². The number of aryl methyl sites for hydroxylation is 1. The molecular formula is C31H32F3N5. The van der Waals surface area contributed by atoms with Crippen LogP contribution in [-0.4, -0.2) is 40.8 Å². The number of benzene rings is 3. The van der Waals surface area contributed by atoms with Crippen LogP contribution in [0.15, 0.2) is 84.0 Å². The normalized spacial score (nSPS) is 14.8. The molecule has 0 amide bonds. The van der Waals surface area contributed by atoms with Gasteiger partial charge in [-0.2, -0.15) is 0 Å². The van der Waals surface area contributed by atoms with Gasteiger partial charge < -0.3 is 14.8 Å². The van der Waals surface area contributed by atoms with Gasteiger partial charge in [-0.3, -0.25) is 4.99 Å². The second kappa shape index (κ2) is 11.4. The summed E-state index contributed by atoms with van der Waals surface area (Å²) in [5, 5.41) is 3.63. The zero-order valence-corrected chi connectivity index (χ0v) is 22.2. The lowest BCUT2D eigenvalue weighted by molar-refractivity contribution is 0.128. The number of hydrogen-bond donors (Lipinski definition) is 1. The molecule has 8 heteroatoms. The van der Waals surface area contributed by atoms with Gasteiger partial charge in [-0.1, -0.05) is 36.9 Å². The van der Waals surface area contributed by atoms with Crippen molar-refractivity contribution in [1.29, 1.82) is 0 Å². The van der Waals surface area contributed by atoms with Crippen LogP contribution >= 0.6 is 0 Å². The molecule has 1 saturated heterocycles. The molecule has 1 aromatic heterocycles. The van der Waals surface area contributed by atoms with Crippen molar-refractivity contribution in [3.63, 3.8) is 0 Å². The summed E-state index contributed by atoms with van der Waals surface area (Å²) in [4.78, 5) is 11.4. The Bertz CT molecular complexity index is 1520. The predicted molar refractivity (Wildman–Crippen MR) is 153 cm³/mol. The van der Waals surface area contributed by atoms with Gasteiger partial charge in [0.15, 0.2) is 0 Å². The van der Waals surface area contributed by atoms with Crippen LogP contribution < -0.4 is 10.2 Å². The molecule has 1 fully saturated rings. The van der Waals surface area contributed by atoms with E-state index in [4.69, 9.17) is 0 Å². The molecule has 0 bridgehead atoms. The smallest absolute Gasteiger partial charge is 0.256 e. The Morgan fingerprint density at radius 3 is 2.54 bits per heavy atom. The average Bonchev–Trinajstić information content (AvgIpc) is 3.26. The number of anilines is 2. The van der Waals surface area contributed by atoms with Crippen LogP contribution in [-0.2, 0) is 6.54 Å². The summed E-state index contributed by atoms with van der Waals surface area (Å²) in [5.74, 6) is 0.297. The van der Waals surface area contributed by atoms with Crippen molar-refractivity contribution in [3.8, 4) is 0 Å². The Hall–Kier alpha value is -4.07. The fourth-order valence-corrected chi connectivity index (χ4v) is 5.21. The van der Waals surface area contributed by atoms with Gasteiger partial charge in [0, 0.05) is 41.6 Å². The van der Waals surface area contributed by atoms with Gasteiger partial charge in [0.05, 0.1) is 23.3 Å². The van der Waals surface area contributed by atoms with E-state index >= 15 is 0 Å². The lowest BCUT2D eigenvalue weighted by Gasteiger charge is -2.34. The number of imidazole rings is 1. The monoisotopic (exact) mass is 531 g/mol. The number of fused-ring (bicyclic) bond motifs is 1. The minimum Gasteiger partial charge on any atom is -0.382 e. The number of para-hydroxylation sites is 2. The first kappa shape index (κ1) is 26.5. The Morgan fingerprint density at radius 2 is 1.85 bits per heavy atom. The van der Waals surface area contributed by atoms with Gasteiger partial charge >= 0.3 is 0 Å². The Kier molecular flexibility index (Phi) is 7.72. The van der Waals surface area contributed by atoms with Gasteiger partial charge in [0.25, 0.3) is 6.43 Å². The maximum Gasteiger partial charge on any atom is 0.256 e. The van der Waals surface area contributed by atoms with E-state index in [9.17, 15) is 13.2 Å². The maximum absolute atomic E-state index is 13.9. The number of aromatic nitrogens is 2. The quantitative estimate of drug-likeness (QED) is 0.245. The molecule has 0 aliphatic carbocycles. The van der Waals surface area contributed by atoms with Crippen LogP contribution in [0.25, 0.3) is 11.0 Å². The summed E-state index contributed by atoms with van der Waals surface area (Å²) >= 11 is 0. The highest BCUT2D eigenvalue weighted by Crippen LogP contribution is 2.28. The second-order valence-corrected chi connectivity index (χ2v) is 10.0. The first-order valence-corrected chi connectivity index (χ1v) is 13.1. The molecule has 0 radical (unpaired) electrons. The van der Waals surface area contributed by atoms with E-state index in [1.165, 1.54) is 12.1 Å². The van der Waals surface area contributed by atoms with Crippen LogP contribution in [0.5, 0.6) is 0 Å². The van der Waals surface area contributed by atoms with Crippen LogP contribution in [0, 0.1) is 12.7 Å². The topological polar surface area (TPSA) is 45.5 Å². The molecule has 0 atom stereocenters. The minimum atomic E-state index is -2.45. The molecule has 1 N–H and O–H groups in total. The van der Waals surface area contributed by atoms with Gasteiger partial charge in [0.2, 0.25) is 5.95 Å². The summed E-state index contributed by atoms with van der Waals surface area (Å²) in [6, 6.07) is 20.2. The van der Waals surface area contributed by atoms with E-state index in [0.29, 0.717) is 22.9 Å². The third kappa shape index (κ3) is 6.00. The molecule has 0 unspecified atom stereocenters. The van der Waals surface area contributed by atoms with Gasteiger partial charge in [-0.25, -0.2) is 18.2 Å². The molecule has 202 valence electrons. The number of rotatable bonds is 8. The molecule has 5 nitrogen and oxygen atoms in total. The highest BCUT2D eigenvalue weighted by molar-refractivity contribution is 6.14. The molecule has 2 heterocycles. The summed E-state index contributed by atoms with van der Waals surface area (Å²) in [6.07, 6.45) is -0.747. The zero-order valence-electron chi connectivity index (χ0n) is 22.2. The SMILES string of the molecule is C=C(C)N=C(c1cccc(F)c1)c1ccc(NC2CCN(c3nc4ccccc4n3CC(F)F)CC2)cc1C. The van der Waals surface area contributed by atoms with Gasteiger partial charge in [0.1, 0.15) is 5.82 Å². The third-order valence-electron chi connectivity index (χ3n) is 6.99. The van der Waals surface area contributed by atoms with E-state index in [1.807, 2.05) is 56.3 Å². The molecule has 4 aromatic rings. The van der Waals surface area contributed by atoms with Crippen molar-refractivity contribution < 1.29 is 13.2 Å². The molecule has 0 saturated carbocycles. The number of aliphatic imine (C=N–C) groups is 1. The highest BCUT2D eigenvalue weighted by atomic mass is 19.3. The van der Waals surface area contributed by atoms with Crippen molar-refractivity contribution in [2.24, 2.45) is 4.99 Å². The zero-order chi connectivity index (χ0) is 27.5. The number of nitrogens with zero attached hydrogens (tertiary/aromatic N) is 4. The Labute approximate surface area is 226 Å². The summed E-state index contributed by atoms with van der Waals surface area (Å²) in [7, 11) is 0. The third-order valence-corrected chi connectivity index (χ3v) is 6.99. The molecule has 1 aliphatic heterocycles. The Morgan fingerprint density at radius 1 is 1.08 bits per heavy atom. The van der Waals surface area contributed by atoms with Crippen LogP contribution in [0.1, 0.15) is 36.5 Å². The number of hydrogen-bond acceptors (Lipinski definition) is 4. The molecule has 1 aliphatic rings. The molecular weight excluding hydrogens is 499 g/mol. The maximum atomic E-state index is 13.9. The number of halogens is 3. The average molecular weight is 532 g/mol. The lowest BCUT2D eigenvalue weighted by atomic mass is 9.97. The minimum absolute atomic E-state index is 0.242. The number of nitrogens with one attached hydrogen (secondary N) is 1. The van der Waals surface area contributed by atoms with Gasteiger partial charge in [-0.05, 0) is 68.7 Å². The summed E-state index contributed by atoms with van der Waals surface area (Å²) in [5.41, 5.74) is 6.42. The van der Waals surface area contributed by atoms with E-state index in [1.54, 1.807) is 10.6 Å². The van der Waals surface area contributed by atoms with Gasteiger partial charge in [-0.15, -0.1) is 0 Å². The predicted octanol–water partition coefficient (Wildman–Crippen LogP) is 7.20. The van der Waals surface area contributed by atoms with Crippen molar-refractivity contribution >= 4 is 28.4 Å². The highest BCUT2D eigenvalue weighted by Gasteiger charge is 2.25. The van der Waals surface area contributed by atoms with E-state index in [2.05, 4.69) is 32.8 Å². The number of piperidine rings is 1. The molecule has 5 rings (SSSR count). The lowest BCUT2D eigenvalue weighted by Crippen LogP contribution is -2.40. The molecule has 3 aromatic carbocycles. The van der Waals surface area contributed by atoms with Crippen molar-refractivity contribution in [3.05, 3.63) is 102 Å². The molecule has 39 heavy (non-hydrogen) atoms. The van der Waals surface area contributed by atoms with E-state index in [0.717, 1.165) is 53.8 Å². The first-order chi connectivity index (χ1) is 18.8. The van der Waals surface area contributed by atoms with Crippen molar-refractivity contribution in [2.75, 3.05) is 23.3 Å². The van der Waals surface area contributed by atoms with Crippen LogP contribution in [0.3, 0.4) is 0 Å². The fraction of sp³-hybridized carbons (Fsp3) is 0.290.